The molecule has 6 nitrogen and oxygen atoms in total. The molecule has 1 aromatic rings. The van der Waals surface area contributed by atoms with Gasteiger partial charge in [0.25, 0.3) is 5.91 Å². The fraction of sp³-hybridized carbons (Fsp3) is 0.417. The van der Waals surface area contributed by atoms with E-state index >= 15 is 0 Å². The minimum Gasteiger partial charge on any atom is -0.385 e. The Balaban J connectivity index is 3.08. The Labute approximate surface area is 133 Å². The summed E-state index contributed by atoms with van der Waals surface area (Å²) < 4.78 is 27.8. The zero-order valence-corrected chi connectivity index (χ0v) is 13.8. The molecule has 0 bridgehead atoms. The molecule has 0 aliphatic rings. The lowest BCUT2D eigenvalue weighted by molar-refractivity contribution is 0.0929. The fourth-order valence-electron chi connectivity index (χ4n) is 1.60. The van der Waals surface area contributed by atoms with Gasteiger partial charge in [-0.1, -0.05) is 23.2 Å². The van der Waals surface area contributed by atoms with Gasteiger partial charge in [0.2, 0.25) is 10.0 Å². The van der Waals surface area contributed by atoms with Gasteiger partial charge in [0.1, 0.15) is 4.90 Å². The molecule has 3 N–H and O–H groups in total. The van der Waals surface area contributed by atoms with Gasteiger partial charge in [0, 0.05) is 24.8 Å². The summed E-state index contributed by atoms with van der Waals surface area (Å²) in [5, 5.41) is 7.53. The lowest BCUT2D eigenvalue weighted by Crippen LogP contribution is -2.33. The maximum absolute atomic E-state index is 12.1. The molecule has 1 aromatic carbocycles. The van der Waals surface area contributed by atoms with Crippen LogP contribution < -0.4 is 10.5 Å². The van der Waals surface area contributed by atoms with E-state index in [1.54, 1.807) is 14.0 Å². The van der Waals surface area contributed by atoms with E-state index in [0.29, 0.717) is 13.0 Å². The maximum Gasteiger partial charge on any atom is 0.253 e. The van der Waals surface area contributed by atoms with Crippen molar-refractivity contribution in [1.29, 1.82) is 0 Å². The highest BCUT2D eigenvalue weighted by Gasteiger charge is 2.22. The first-order valence-corrected chi connectivity index (χ1v) is 8.28. The number of carbonyl (C=O) groups is 1. The molecule has 0 saturated carbocycles. The molecule has 1 atom stereocenters. The van der Waals surface area contributed by atoms with Crippen molar-refractivity contribution in [3.05, 3.63) is 27.7 Å². The summed E-state index contributed by atoms with van der Waals surface area (Å²) in [6.07, 6.45) is 0.600. The highest BCUT2D eigenvalue weighted by atomic mass is 35.5. The minimum absolute atomic E-state index is 0.0440. The molecule has 0 spiro atoms. The number of benzene rings is 1. The van der Waals surface area contributed by atoms with Gasteiger partial charge >= 0.3 is 0 Å². The van der Waals surface area contributed by atoms with Gasteiger partial charge in [0.05, 0.1) is 10.6 Å². The van der Waals surface area contributed by atoms with E-state index in [1.807, 2.05) is 0 Å². The monoisotopic (exact) mass is 354 g/mol. The van der Waals surface area contributed by atoms with Gasteiger partial charge in [-0.15, -0.1) is 0 Å². The molecule has 1 amide bonds. The van der Waals surface area contributed by atoms with Gasteiger partial charge in [0.15, 0.2) is 0 Å². The van der Waals surface area contributed by atoms with Crippen molar-refractivity contribution in [2.24, 2.45) is 5.14 Å². The summed E-state index contributed by atoms with van der Waals surface area (Å²) in [5.74, 6) is -0.531. The average molecular weight is 355 g/mol. The lowest BCUT2D eigenvalue weighted by atomic mass is 10.1. The summed E-state index contributed by atoms with van der Waals surface area (Å²) in [6.45, 7) is 2.27. The van der Waals surface area contributed by atoms with Crippen LogP contribution in [0, 0.1) is 0 Å². The minimum atomic E-state index is -4.07. The van der Waals surface area contributed by atoms with Crippen LogP contribution in [0.3, 0.4) is 0 Å². The third-order valence-electron chi connectivity index (χ3n) is 2.69. The molecule has 0 heterocycles. The van der Waals surface area contributed by atoms with Gasteiger partial charge < -0.3 is 10.1 Å². The molecular formula is C12H16Cl2N2O4S. The third kappa shape index (κ3) is 5.12. The van der Waals surface area contributed by atoms with Crippen molar-refractivity contribution in [1.82, 2.24) is 5.32 Å². The topological polar surface area (TPSA) is 98.5 Å². The van der Waals surface area contributed by atoms with Crippen LogP contribution in [0.4, 0.5) is 0 Å². The van der Waals surface area contributed by atoms with Gasteiger partial charge in [-0.3, -0.25) is 4.79 Å². The van der Waals surface area contributed by atoms with E-state index < -0.39 is 15.9 Å². The van der Waals surface area contributed by atoms with E-state index in [1.165, 1.54) is 6.07 Å². The molecule has 118 valence electrons. The first kappa shape index (κ1) is 18.2. The Morgan fingerprint density at radius 1 is 1.43 bits per heavy atom. The summed E-state index contributed by atoms with van der Waals surface area (Å²) in [6, 6.07) is 2.21. The second kappa shape index (κ2) is 7.42. The number of sulfonamides is 1. The molecule has 0 aliphatic carbocycles. The quantitative estimate of drug-likeness (QED) is 0.813. The maximum atomic E-state index is 12.1. The number of nitrogens with two attached hydrogens (primary N) is 1. The predicted octanol–water partition coefficient (Wildman–Crippen LogP) is 1.80. The van der Waals surface area contributed by atoms with Crippen molar-refractivity contribution >= 4 is 39.1 Å². The molecule has 0 saturated heterocycles. The highest BCUT2D eigenvalue weighted by Crippen LogP contribution is 2.28. The molecule has 0 aromatic heterocycles. The second-order valence-electron chi connectivity index (χ2n) is 4.47. The molecule has 21 heavy (non-hydrogen) atoms. The fourth-order valence-corrected chi connectivity index (χ4v) is 3.06. The smallest absolute Gasteiger partial charge is 0.253 e. The number of hydrogen-bond donors (Lipinski definition) is 2. The number of methoxy groups -OCH3 is 1. The zero-order valence-electron chi connectivity index (χ0n) is 11.5. The van der Waals surface area contributed by atoms with Crippen molar-refractivity contribution in [2.75, 3.05) is 13.7 Å². The first-order chi connectivity index (χ1) is 9.66. The first-order valence-electron chi connectivity index (χ1n) is 5.98. The third-order valence-corrected chi connectivity index (χ3v) is 4.36. The number of ether oxygens (including phenoxy) is 1. The highest BCUT2D eigenvalue weighted by molar-refractivity contribution is 7.89. The van der Waals surface area contributed by atoms with E-state index in [2.05, 4.69) is 5.32 Å². The van der Waals surface area contributed by atoms with Crippen LogP contribution in [0.5, 0.6) is 0 Å². The van der Waals surface area contributed by atoms with E-state index in [4.69, 9.17) is 33.1 Å². The summed E-state index contributed by atoms with van der Waals surface area (Å²) in [4.78, 5) is 11.8. The van der Waals surface area contributed by atoms with Gasteiger partial charge in [-0.25, -0.2) is 13.6 Å². The summed E-state index contributed by atoms with van der Waals surface area (Å²) in [5.41, 5.74) is -0.0440. The Kier molecular flexibility index (Phi) is 6.42. The standard InChI is InChI=1S/C12H16Cl2N2O4S/c1-7(3-4-20-2)16-12(17)9-5-8(13)6-10(11(9)14)21(15,18)19/h5-7H,3-4H2,1-2H3,(H,16,17)(H2,15,18,19). The Morgan fingerprint density at radius 3 is 2.57 bits per heavy atom. The number of primary sulfonamides is 1. The molecule has 1 unspecified atom stereocenters. The number of carbonyl (C=O) groups excluding carboxylic acids is 1. The lowest BCUT2D eigenvalue weighted by Gasteiger charge is -2.15. The van der Waals surface area contributed by atoms with E-state index in [0.717, 1.165) is 6.07 Å². The molecular weight excluding hydrogens is 339 g/mol. The largest absolute Gasteiger partial charge is 0.385 e. The molecule has 9 heteroatoms. The van der Waals surface area contributed by atoms with Crippen molar-refractivity contribution in [3.8, 4) is 0 Å². The van der Waals surface area contributed by atoms with Crippen LogP contribution >= 0.6 is 23.2 Å². The molecule has 0 radical (unpaired) electrons. The Morgan fingerprint density at radius 2 is 2.05 bits per heavy atom. The number of hydrogen-bond acceptors (Lipinski definition) is 4. The SMILES string of the molecule is COCCC(C)NC(=O)c1cc(Cl)cc(S(N)(=O)=O)c1Cl. The molecule has 0 aliphatic heterocycles. The van der Waals surface area contributed by atoms with Crippen molar-refractivity contribution in [2.45, 2.75) is 24.3 Å². The van der Waals surface area contributed by atoms with Crippen molar-refractivity contribution in [3.63, 3.8) is 0 Å². The second-order valence-corrected chi connectivity index (χ2v) is 6.81. The van der Waals surface area contributed by atoms with Crippen LogP contribution in [-0.2, 0) is 14.8 Å². The number of nitrogens with one attached hydrogen (secondary N) is 1. The van der Waals surface area contributed by atoms with Crippen molar-refractivity contribution < 1.29 is 17.9 Å². The Bertz CT molecular complexity index is 634. The Hall–Kier alpha value is -0.860. The van der Waals surface area contributed by atoms with Gasteiger partial charge in [-0.2, -0.15) is 0 Å². The normalized spacial score (nSPS) is 13.0. The van der Waals surface area contributed by atoms with E-state index in [9.17, 15) is 13.2 Å². The summed E-state index contributed by atoms with van der Waals surface area (Å²) in [7, 11) is -2.51. The number of halogens is 2. The zero-order chi connectivity index (χ0) is 16.2. The number of amides is 1. The van der Waals surface area contributed by atoms with Crippen LogP contribution in [0.15, 0.2) is 17.0 Å². The van der Waals surface area contributed by atoms with Crippen LogP contribution in [-0.4, -0.2) is 34.1 Å². The van der Waals surface area contributed by atoms with Gasteiger partial charge in [-0.05, 0) is 25.5 Å². The molecule has 0 fully saturated rings. The summed E-state index contributed by atoms with van der Waals surface area (Å²) >= 11 is 11.8. The average Bonchev–Trinajstić information content (AvgIpc) is 2.37. The van der Waals surface area contributed by atoms with Crippen LogP contribution in [0.2, 0.25) is 10.0 Å². The van der Waals surface area contributed by atoms with Crippen LogP contribution in [0.1, 0.15) is 23.7 Å². The predicted molar refractivity (Wildman–Crippen MR) is 81.3 cm³/mol. The number of rotatable bonds is 6. The van der Waals surface area contributed by atoms with E-state index in [-0.39, 0.29) is 26.5 Å². The van der Waals surface area contributed by atoms with Crippen LogP contribution in [0.25, 0.3) is 0 Å². The molecule has 1 rings (SSSR count).